The summed E-state index contributed by atoms with van der Waals surface area (Å²) in [5, 5.41) is 13.4. The minimum Gasteiger partial charge on any atom is -0.480 e. The monoisotopic (exact) mass is 333 g/mol. The molecule has 0 unspecified atom stereocenters. The Morgan fingerprint density at radius 2 is 2.22 bits per heavy atom. The van der Waals surface area contributed by atoms with Crippen LogP contribution in [0.2, 0.25) is 0 Å². The molecule has 1 heterocycles. The molecule has 0 saturated carbocycles. The van der Waals surface area contributed by atoms with E-state index in [0.29, 0.717) is 15.8 Å². The van der Waals surface area contributed by atoms with E-state index in [2.05, 4.69) is 28.2 Å². The second-order valence-electron chi connectivity index (χ2n) is 3.96. The van der Waals surface area contributed by atoms with Gasteiger partial charge in [-0.3, -0.25) is 4.79 Å². The molecule has 1 atom stereocenters. The second-order valence-corrected chi connectivity index (χ2v) is 5.73. The summed E-state index contributed by atoms with van der Waals surface area (Å²) in [6, 6.07) is 0.963. The number of carbonyl (C=O) groups is 2. The van der Waals surface area contributed by atoms with Crippen LogP contribution in [-0.2, 0) is 4.79 Å². The number of halogens is 1. The molecule has 0 aliphatic rings. The Morgan fingerprint density at radius 3 is 2.72 bits per heavy atom. The molecule has 1 rings (SSSR count). The van der Waals surface area contributed by atoms with Crippen molar-refractivity contribution in [3.05, 3.63) is 20.8 Å². The number of nitrogens with one attached hydrogen (secondary N) is 1. The molecule has 0 saturated heterocycles. The molecule has 1 aromatic rings. The number of aliphatic carboxylic acids is 1. The van der Waals surface area contributed by atoms with E-state index in [4.69, 9.17) is 5.11 Å². The summed E-state index contributed by atoms with van der Waals surface area (Å²) in [5.41, 5.74) is 0. The third-order valence-corrected chi connectivity index (χ3v) is 4.36. The van der Waals surface area contributed by atoms with Gasteiger partial charge < -0.3 is 10.4 Å². The summed E-state index contributed by atoms with van der Waals surface area (Å²) in [4.78, 5) is 23.5. The highest BCUT2D eigenvalue weighted by atomic mass is 79.9. The lowest BCUT2D eigenvalue weighted by molar-refractivity contribution is -0.139. The fourth-order valence-corrected chi connectivity index (χ4v) is 2.99. The molecule has 4 nitrogen and oxygen atoms in total. The van der Waals surface area contributed by atoms with Gasteiger partial charge in [0.15, 0.2) is 0 Å². The number of carboxylic acid groups (broad SMARTS) is 1. The van der Waals surface area contributed by atoms with Crippen LogP contribution in [0.4, 0.5) is 0 Å². The number of hydrogen-bond acceptors (Lipinski definition) is 3. The largest absolute Gasteiger partial charge is 0.480 e. The highest BCUT2D eigenvalue weighted by Gasteiger charge is 2.21. The van der Waals surface area contributed by atoms with E-state index < -0.39 is 12.0 Å². The Labute approximate surface area is 119 Å². The smallest absolute Gasteiger partial charge is 0.326 e. The maximum absolute atomic E-state index is 11.9. The van der Waals surface area contributed by atoms with Crippen molar-refractivity contribution < 1.29 is 14.7 Å². The van der Waals surface area contributed by atoms with Crippen LogP contribution < -0.4 is 5.32 Å². The number of amides is 1. The van der Waals surface area contributed by atoms with Crippen molar-refractivity contribution in [1.82, 2.24) is 5.32 Å². The van der Waals surface area contributed by atoms with Crippen LogP contribution in [0, 0.1) is 0 Å². The molecule has 0 radical (unpaired) electrons. The maximum Gasteiger partial charge on any atom is 0.326 e. The van der Waals surface area contributed by atoms with Crippen LogP contribution in [0.1, 0.15) is 42.3 Å². The fourth-order valence-electron chi connectivity index (χ4n) is 1.54. The van der Waals surface area contributed by atoms with E-state index in [1.807, 2.05) is 0 Å². The van der Waals surface area contributed by atoms with Gasteiger partial charge in [0.25, 0.3) is 5.91 Å². The molecule has 1 aromatic heterocycles. The summed E-state index contributed by atoms with van der Waals surface area (Å²) in [6.45, 7) is 2.05. The number of hydrogen-bond donors (Lipinski definition) is 2. The van der Waals surface area contributed by atoms with Crippen molar-refractivity contribution in [3.8, 4) is 0 Å². The van der Waals surface area contributed by atoms with Crippen LogP contribution in [-0.4, -0.2) is 23.0 Å². The summed E-state index contributed by atoms with van der Waals surface area (Å²) < 4.78 is 0.697. The van der Waals surface area contributed by atoms with Crippen molar-refractivity contribution >= 4 is 39.1 Å². The number of unbranched alkanes of at least 4 members (excludes halogenated alkanes) is 2. The minimum atomic E-state index is -0.980. The molecular weight excluding hydrogens is 318 g/mol. The predicted octanol–water partition coefficient (Wildman–Crippen LogP) is 3.27. The molecule has 1 amide bonds. The van der Waals surface area contributed by atoms with Crippen LogP contribution in [0.5, 0.6) is 0 Å². The van der Waals surface area contributed by atoms with E-state index >= 15 is 0 Å². The summed E-state index contributed by atoms with van der Waals surface area (Å²) >= 11 is 4.55. The van der Waals surface area contributed by atoms with Crippen LogP contribution in [0.25, 0.3) is 0 Å². The molecule has 0 bridgehead atoms. The molecule has 6 heteroatoms. The Kier molecular flexibility index (Phi) is 6.35. The Balaban J connectivity index is 2.58. The van der Waals surface area contributed by atoms with E-state index in [1.165, 1.54) is 11.3 Å². The first-order valence-electron chi connectivity index (χ1n) is 5.83. The lowest BCUT2D eigenvalue weighted by Gasteiger charge is -2.13. The van der Waals surface area contributed by atoms with Crippen molar-refractivity contribution in [1.29, 1.82) is 0 Å². The van der Waals surface area contributed by atoms with E-state index in [1.54, 1.807) is 11.4 Å². The van der Waals surface area contributed by atoms with E-state index in [-0.39, 0.29) is 5.91 Å². The van der Waals surface area contributed by atoms with E-state index in [0.717, 1.165) is 19.3 Å². The first kappa shape index (κ1) is 15.2. The Hall–Kier alpha value is -0.880. The molecule has 0 aliphatic carbocycles. The molecular formula is C12H16BrNO3S. The van der Waals surface area contributed by atoms with Gasteiger partial charge in [0.2, 0.25) is 0 Å². The first-order chi connectivity index (χ1) is 8.56. The molecule has 18 heavy (non-hydrogen) atoms. The fraction of sp³-hybridized carbons (Fsp3) is 0.500. The van der Waals surface area contributed by atoms with Crippen molar-refractivity contribution in [2.45, 2.75) is 38.6 Å². The van der Waals surface area contributed by atoms with Gasteiger partial charge in [0.05, 0.1) is 0 Å². The standard InChI is InChI=1S/C12H16BrNO3S/c1-2-3-4-5-9(12(16)17)14-11(15)10-8(13)6-7-18-10/h6-7,9H,2-5H2,1H3,(H,14,15)(H,16,17)/t9-/m0/s1. The molecule has 0 aliphatic heterocycles. The molecule has 0 fully saturated rings. The Morgan fingerprint density at radius 1 is 1.50 bits per heavy atom. The number of rotatable bonds is 7. The summed E-state index contributed by atoms with van der Waals surface area (Å²) in [5.74, 6) is -1.31. The first-order valence-corrected chi connectivity index (χ1v) is 7.50. The summed E-state index contributed by atoms with van der Waals surface area (Å²) in [6.07, 6.45) is 3.27. The highest BCUT2D eigenvalue weighted by molar-refractivity contribution is 9.10. The number of carbonyl (C=O) groups excluding carboxylic acids is 1. The molecule has 2 N–H and O–H groups in total. The summed E-state index contributed by atoms with van der Waals surface area (Å²) in [7, 11) is 0. The minimum absolute atomic E-state index is 0.333. The average molecular weight is 334 g/mol. The number of carboxylic acids is 1. The van der Waals surface area contributed by atoms with Gasteiger partial charge in [-0.05, 0) is 33.8 Å². The maximum atomic E-state index is 11.9. The topological polar surface area (TPSA) is 66.4 Å². The van der Waals surface area contributed by atoms with Gasteiger partial charge in [-0.25, -0.2) is 4.79 Å². The second kappa shape index (κ2) is 7.53. The normalized spacial score (nSPS) is 12.1. The SMILES string of the molecule is CCCCC[C@H](NC(=O)c1sccc1Br)C(=O)O. The number of thiophene rings is 1. The third kappa shape index (κ3) is 4.42. The lowest BCUT2D eigenvalue weighted by atomic mass is 10.1. The average Bonchev–Trinajstić information content (AvgIpc) is 2.74. The third-order valence-electron chi connectivity index (χ3n) is 2.52. The van der Waals surface area contributed by atoms with Crippen LogP contribution in [0.15, 0.2) is 15.9 Å². The van der Waals surface area contributed by atoms with Gasteiger partial charge in [0.1, 0.15) is 10.9 Å². The van der Waals surface area contributed by atoms with Gasteiger partial charge in [-0.15, -0.1) is 11.3 Å². The molecule has 0 spiro atoms. The van der Waals surface area contributed by atoms with Gasteiger partial charge in [-0.1, -0.05) is 26.2 Å². The van der Waals surface area contributed by atoms with Crippen molar-refractivity contribution in [2.75, 3.05) is 0 Å². The van der Waals surface area contributed by atoms with Gasteiger partial charge >= 0.3 is 5.97 Å². The van der Waals surface area contributed by atoms with Crippen LogP contribution >= 0.6 is 27.3 Å². The van der Waals surface area contributed by atoms with Crippen molar-refractivity contribution in [3.63, 3.8) is 0 Å². The predicted molar refractivity (Wildman–Crippen MR) is 75.1 cm³/mol. The van der Waals surface area contributed by atoms with Crippen LogP contribution in [0.3, 0.4) is 0 Å². The zero-order valence-corrected chi connectivity index (χ0v) is 12.5. The molecule has 0 aromatic carbocycles. The zero-order chi connectivity index (χ0) is 13.5. The Bertz CT molecular complexity index is 419. The lowest BCUT2D eigenvalue weighted by Crippen LogP contribution is -2.40. The van der Waals surface area contributed by atoms with Gasteiger partial charge in [0, 0.05) is 4.47 Å². The molecule has 100 valence electrons. The van der Waals surface area contributed by atoms with E-state index in [9.17, 15) is 9.59 Å². The zero-order valence-electron chi connectivity index (χ0n) is 10.1. The quantitative estimate of drug-likeness (QED) is 0.752. The van der Waals surface area contributed by atoms with Crippen molar-refractivity contribution in [2.24, 2.45) is 0 Å². The van der Waals surface area contributed by atoms with Gasteiger partial charge in [-0.2, -0.15) is 0 Å². The highest BCUT2D eigenvalue weighted by Crippen LogP contribution is 2.22.